The molecule has 0 aromatic carbocycles. The van der Waals surface area contributed by atoms with Gasteiger partial charge >= 0.3 is 5.97 Å². The van der Waals surface area contributed by atoms with Crippen LogP contribution >= 0.6 is 0 Å². The van der Waals surface area contributed by atoms with Crippen molar-refractivity contribution in [2.75, 3.05) is 13.1 Å². The molecule has 5 nitrogen and oxygen atoms in total. The van der Waals surface area contributed by atoms with Gasteiger partial charge in [-0.05, 0) is 20.3 Å². The molecule has 0 aliphatic carbocycles. The average molecular weight is 267 g/mol. The molecule has 5 heteroatoms. The molecule has 0 saturated carbocycles. The zero-order valence-corrected chi connectivity index (χ0v) is 11.7. The van der Waals surface area contributed by atoms with E-state index < -0.39 is 5.97 Å². The Bertz CT molecular complexity index is 450. The lowest BCUT2D eigenvalue weighted by atomic mass is 10.1. The molecule has 1 heterocycles. The zero-order valence-electron chi connectivity index (χ0n) is 11.7. The summed E-state index contributed by atoms with van der Waals surface area (Å²) in [5.74, 6) is -0.900. The molecule has 1 amide bonds. The monoisotopic (exact) mass is 267 g/mol. The Morgan fingerprint density at radius 3 is 2.58 bits per heavy atom. The number of carboxylic acids is 1. The SMILES string of the molecule is CCCCN(CC)C(=O)c1c(C)coc1CC(=O)O. The lowest BCUT2D eigenvalue weighted by Gasteiger charge is -2.20. The normalized spacial score (nSPS) is 10.5. The van der Waals surface area contributed by atoms with Crippen LogP contribution in [0.3, 0.4) is 0 Å². The molecule has 0 unspecified atom stereocenters. The summed E-state index contributed by atoms with van der Waals surface area (Å²) < 4.78 is 5.20. The first kappa shape index (κ1) is 15.3. The van der Waals surface area contributed by atoms with Crippen LogP contribution in [0.4, 0.5) is 0 Å². The molecule has 1 N–H and O–H groups in total. The Morgan fingerprint density at radius 1 is 1.37 bits per heavy atom. The van der Waals surface area contributed by atoms with Gasteiger partial charge in [-0.15, -0.1) is 0 Å². The van der Waals surface area contributed by atoms with Gasteiger partial charge in [-0.25, -0.2) is 0 Å². The van der Waals surface area contributed by atoms with Gasteiger partial charge in [-0.3, -0.25) is 9.59 Å². The fourth-order valence-electron chi connectivity index (χ4n) is 1.96. The minimum absolute atomic E-state index is 0.140. The predicted molar refractivity (Wildman–Crippen MR) is 71.3 cm³/mol. The third-order valence-electron chi connectivity index (χ3n) is 3.03. The minimum Gasteiger partial charge on any atom is -0.481 e. The molecular weight excluding hydrogens is 246 g/mol. The number of hydrogen-bond donors (Lipinski definition) is 1. The van der Waals surface area contributed by atoms with Crippen molar-refractivity contribution in [3.8, 4) is 0 Å². The molecule has 0 atom stereocenters. The second kappa shape index (κ2) is 6.97. The van der Waals surface area contributed by atoms with E-state index in [0.717, 1.165) is 12.8 Å². The van der Waals surface area contributed by atoms with Crippen molar-refractivity contribution in [1.29, 1.82) is 0 Å². The van der Waals surface area contributed by atoms with Crippen LogP contribution in [0.5, 0.6) is 0 Å². The number of amides is 1. The van der Waals surface area contributed by atoms with Crippen LogP contribution in [0, 0.1) is 6.92 Å². The summed E-state index contributed by atoms with van der Waals surface area (Å²) in [4.78, 5) is 24.9. The summed E-state index contributed by atoms with van der Waals surface area (Å²) in [5, 5.41) is 8.83. The van der Waals surface area contributed by atoms with Gasteiger partial charge in [-0.2, -0.15) is 0 Å². The Hall–Kier alpha value is -1.78. The molecule has 0 aliphatic heterocycles. The highest BCUT2D eigenvalue weighted by Crippen LogP contribution is 2.20. The number of nitrogens with zero attached hydrogens (tertiary/aromatic N) is 1. The minimum atomic E-state index is -1.000. The van der Waals surface area contributed by atoms with Gasteiger partial charge in [0.25, 0.3) is 5.91 Å². The van der Waals surface area contributed by atoms with Crippen molar-refractivity contribution < 1.29 is 19.1 Å². The van der Waals surface area contributed by atoms with Gasteiger partial charge in [0, 0.05) is 18.7 Å². The van der Waals surface area contributed by atoms with Gasteiger partial charge in [0.05, 0.1) is 11.8 Å². The van der Waals surface area contributed by atoms with Crippen LogP contribution in [0.25, 0.3) is 0 Å². The number of unbranched alkanes of at least 4 members (excludes halogenated alkanes) is 1. The maximum absolute atomic E-state index is 12.4. The van der Waals surface area contributed by atoms with E-state index in [9.17, 15) is 9.59 Å². The van der Waals surface area contributed by atoms with Crippen LogP contribution < -0.4 is 0 Å². The lowest BCUT2D eigenvalue weighted by Crippen LogP contribution is -2.32. The molecule has 1 rings (SSSR count). The maximum atomic E-state index is 12.4. The summed E-state index contributed by atoms with van der Waals surface area (Å²) >= 11 is 0. The number of furan rings is 1. The highest BCUT2D eigenvalue weighted by Gasteiger charge is 2.23. The molecule has 106 valence electrons. The predicted octanol–water partition coefficient (Wildman–Crippen LogP) is 2.48. The first-order valence-corrected chi connectivity index (χ1v) is 6.59. The number of aliphatic carboxylic acids is 1. The van der Waals surface area contributed by atoms with E-state index in [0.29, 0.717) is 24.2 Å². The fourth-order valence-corrected chi connectivity index (χ4v) is 1.96. The van der Waals surface area contributed by atoms with Crippen LogP contribution in [0.1, 0.15) is 48.4 Å². The van der Waals surface area contributed by atoms with E-state index in [4.69, 9.17) is 9.52 Å². The van der Waals surface area contributed by atoms with Gasteiger partial charge in [0.1, 0.15) is 12.2 Å². The van der Waals surface area contributed by atoms with Crippen molar-refractivity contribution in [2.24, 2.45) is 0 Å². The number of rotatable bonds is 7. The summed E-state index contributed by atoms with van der Waals surface area (Å²) in [6, 6.07) is 0. The van der Waals surface area contributed by atoms with Gasteiger partial charge in [-0.1, -0.05) is 13.3 Å². The van der Waals surface area contributed by atoms with E-state index >= 15 is 0 Å². The molecule has 0 saturated heterocycles. The van der Waals surface area contributed by atoms with E-state index in [-0.39, 0.29) is 18.1 Å². The smallest absolute Gasteiger partial charge is 0.311 e. The Labute approximate surface area is 113 Å². The maximum Gasteiger partial charge on any atom is 0.311 e. The topological polar surface area (TPSA) is 70.8 Å². The van der Waals surface area contributed by atoms with Crippen LogP contribution in [-0.4, -0.2) is 35.0 Å². The lowest BCUT2D eigenvalue weighted by molar-refractivity contribution is -0.136. The largest absolute Gasteiger partial charge is 0.481 e. The van der Waals surface area contributed by atoms with E-state index in [1.165, 1.54) is 6.26 Å². The molecule has 0 aliphatic rings. The standard InChI is InChI=1S/C14H21NO4/c1-4-6-7-15(5-2)14(18)13-10(3)9-19-11(13)8-12(16)17/h9H,4-8H2,1-3H3,(H,16,17). The number of hydrogen-bond acceptors (Lipinski definition) is 3. The summed E-state index contributed by atoms with van der Waals surface area (Å²) in [5.41, 5.74) is 1.09. The van der Waals surface area contributed by atoms with Crippen molar-refractivity contribution in [3.05, 3.63) is 23.2 Å². The Morgan fingerprint density at radius 2 is 2.05 bits per heavy atom. The van der Waals surface area contributed by atoms with Crippen LogP contribution in [0.15, 0.2) is 10.7 Å². The van der Waals surface area contributed by atoms with Gasteiger partial charge < -0.3 is 14.4 Å². The van der Waals surface area contributed by atoms with Crippen LogP contribution in [-0.2, 0) is 11.2 Å². The van der Waals surface area contributed by atoms with Crippen molar-refractivity contribution >= 4 is 11.9 Å². The second-order valence-corrected chi connectivity index (χ2v) is 4.53. The summed E-state index contributed by atoms with van der Waals surface area (Å²) in [7, 11) is 0. The summed E-state index contributed by atoms with van der Waals surface area (Å²) in [6.07, 6.45) is 3.13. The molecule has 19 heavy (non-hydrogen) atoms. The van der Waals surface area contributed by atoms with Crippen molar-refractivity contribution in [3.63, 3.8) is 0 Å². The molecular formula is C14H21NO4. The third-order valence-corrected chi connectivity index (χ3v) is 3.03. The molecule has 0 radical (unpaired) electrons. The summed E-state index contributed by atoms with van der Waals surface area (Å²) in [6.45, 7) is 7.03. The number of carbonyl (C=O) groups is 2. The number of aryl methyl sites for hydroxylation is 1. The highest BCUT2D eigenvalue weighted by atomic mass is 16.4. The Kier molecular flexibility index (Phi) is 5.60. The van der Waals surface area contributed by atoms with E-state index in [2.05, 4.69) is 6.92 Å². The highest BCUT2D eigenvalue weighted by molar-refractivity contribution is 5.97. The fraction of sp³-hybridized carbons (Fsp3) is 0.571. The number of carbonyl (C=O) groups excluding carboxylic acids is 1. The van der Waals surface area contributed by atoms with Gasteiger partial charge in [0.2, 0.25) is 0 Å². The first-order valence-electron chi connectivity index (χ1n) is 6.59. The van der Waals surface area contributed by atoms with Crippen molar-refractivity contribution in [1.82, 2.24) is 4.90 Å². The third kappa shape index (κ3) is 3.84. The van der Waals surface area contributed by atoms with Crippen LogP contribution in [0.2, 0.25) is 0 Å². The zero-order chi connectivity index (χ0) is 14.4. The average Bonchev–Trinajstić information content (AvgIpc) is 2.70. The molecule has 0 bridgehead atoms. The van der Waals surface area contributed by atoms with E-state index in [1.54, 1.807) is 11.8 Å². The molecule has 0 fully saturated rings. The molecule has 1 aromatic rings. The van der Waals surface area contributed by atoms with Crippen molar-refractivity contribution in [2.45, 2.75) is 40.0 Å². The van der Waals surface area contributed by atoms with Gasteiger partial charge in [0.15, 0.2) is 0 Å². The number of carboxylic acid groups (broad SMARTS) is 1. The molecule has 0 spiro atoms. The quantitative estimate of drug-likeness (QED) is 0.823. The first-order chi connectivity index (χ1) is 9.01. The Balaban J connectivity index is 2.96. The molecule has 1 aromatic heterocycles. The second-order valence-electron chi connectivity index (χ2n) is 4.53. The van der Waals surface area contributed by atoms with E-state index in [1.807, 2.05) is 6.92 Å².